The summed E-state index contributed by atoms with van der Waals surface area (Å²) in [5, 5.41) is 14.0. The third-order valence-electron chi connectivity index (χ3n) is 4.98. The number of halogens is 6. The van der Waals surface area contributed by atoms with Crippen molar-refractivity contribution in [2.75, 3.05) is 5.32 Å². The van der Waals surface area contributed by atoms with Crippen molar-refractivity contribution in [2.45, 2.75) is 19.6 Å². The average molecular weight is 508 g/mol. The van der Waals surface area contributed by atoms with Crippen molar-refractivity contribution < 1.29 is 40.9 Å². The molecule has 0 aliphatic carbocycles. The zero-order valence-corrected chi connectivity index (χ0v) is 18.5. The summed E-state index contributed by atoms with van der Waals surface area (Å²) >= 11 is 0. The smallest absolute Gasteiger partial charge is 0.493 e. The van der Waals surface area contributed by atoms with Gasteiger partial charge in [-0.3, -0.25) is 4.57 Å². The number of anilines is 2. The third-order valence-corrected chi connectivity index (χ3v) is 4.98. The van der Waals surface area contributed by atoms with Crippen molar-refractivity contribution in [3.8, 4) is 34.3 Å². The minimum atomic E-state index is -4.85. The van der Waals surface area contributed by atoms with Crippen LogP contribution in [0.25, 0.3) is 16.9 Å². The summed E-state index contributed by atoms with van der Waals surface area (Å²) in [4.78, 5) is 0. The molecule has 0 unspecified atom stereocenters. The molecule has 0 aliphatic heterocycles. The van der Waals surface area contributed by atoms with Crippen molar-refractivity contribution in [1.29, 1.82) is 0 Å². The van der Waals surface area contributed by atoms with E-state index in [2.05, 4.69) is 14.8 Å². The fraction of sp³-hybridized carbons (Fsp3) is 0.120. The number of rotatable bonds is 6. The molecule has 5 nitrogen and oxygen atoms in total. The van der Waals surface area contributed by atoms with E-state index in [-0.39, 0.29) is 11.6 Å². The van der Waals surface area contributed by atoms with Crippen LogP contribution in [0.1, 0.15) is 5.56 Å². The van der Waals surface area contributed by atoms with Gasteiger partial charge in [0, 0.05) is 11.4 Å². The van der Waals surface area contributed by atoms with E-state index < -0.39 is 24.2 Å². The van der Waals surface area contributed by atoms with Crippen molar-refractivity contribution in [1.82, 2.24) is 4.57 Å². The van der Waals surface area contributed by atoms with E-state index in [4.69, 9.17) is 0 Å². The number of aryl methyl sites for hydroxylation is 1. The van der Waals surface area contributed by atoms with Crippen LogP contribution in [0.15, 0.2) is 78.9 Å². The van der Waals surface area contributed by atoms with E-state index in [0.717, 1.165) is 29.8 Å². The molecule has 0 radical (unpaired) electrons. The van der Waals surface area contributed by atoms with Gasteiger partial charge in [-0.25, -0.2) is 0 Å². The summed E-state index contributed by atoms with van der Waals surface area (Å²) in [6.07, 6.45) is -9.67. The minimum absolute atomic E-state index is 0.214. The van der Waals surface area contributed by atoms with Crippen LogP contribution in [0.4, 0.5) is 37.7 Å². The summed E-state index contributed by atoms with van der Waals surface area (Å²) in [5.74, 6) is -1.10. The van der Waals surface area contributed by atoms with Gasteiger partial charge in [0.15, 0.2) is 0 Å². The fourth-order valence-electron chi connectivity index (χ4n) is 3.56. The highest BCUT2D eigenvalue weighted by Gasteiger charge is 2.31. The summed E-state index contributed by atoms with van der Waals surface area (Å²) in [6, 6.07) is 18.8. The number of aromatic hydroxyl groups is 1. The fourth-order valence-corrected chi connectivity index (χ4v) is 3.56. The standard InChI is InChI=1S/C25H18F6N2O3/c1-15-3-2-4-16(13-15)22-14-21(32-17-5-9-19(10-6-17)35-24(26,27)28)23(34)33(22)18-7-11-20(12-8-18)36-25(29,30)31/h2-14,32,34H,1H3. The van der Waals surface area contributed by atoms with E-state index in [1.165, 1.54) is 28.8 Å². The highest BCUT2D eigenvalue weighted by molar-refractivity contribution is 5.77. The molecule has 188 valence electrons. The van der Waals surface area contributed by atoms with Crippen LogP contribution in [0.5, 0.6) is 17.4 Å². The number of hydrogen-bond donors (Lipinski definition) is 2. The Morgan fingerprint density at radius 1 is 0.750 bits per heavy atom. The highest BCUT2D eigenvalue weighted by atomic mass is 19.4. The average Bonchev–Trinajstić information content (AvgIpc) is 3.10. The van der Waals surface area contributed by atoms with Gasteiger partial charge in [-0.15, -0.1) is 26.3 Å². The van der Waals surface area contributed by atoms with E-state index >= 15 is 0 Å². The first-order valence-electron chi connectivity index (χ1n) is 10.4. The highest BCUT2D eigenvalue weighted by Crippen LogP contribution is 2.39. The Morgan fingerprint density at radius 2 is 1.31 bits per heavy atom. The lowest BCUT2D eigenvalue weighted by Crippen LogP contribution is -2.17. The maximum Gasteiger partial charge on any atom is 0.573 e. The molecule has 0 spiro atoms. The van der Waals surface area contributed by atoms with E-state index in [1.54, 1.807) is 12.1 Å². The summed E-state index contributed by atoms with van der Waals surface area (Å²) in [5.41, 5.74) is 3.08. The van der Waals surface area contributed by atoms with E-state index in [0.29, 0.717) is 22.6 Å². The molecule has 36 heavy (non-hydrogen) atoms. The molecule has 0 fully saturated rings. The molecule has 0 bridgehead atoms. The maximum atomic E-state index is 12.5. The molecule has 0 amide bonds. The van der Waals surface area contributed by atoms with E-state index in [9.17, 15) is 31.4 Å². The Bertz CT molecular complexity index is 1340. The summed E-state index contributed by atoms with van der Waals surface area (Å²) in [6.45, 7) is 1.88. The number of nitrogens with one attached hydrogen (secondary N) is 1. The molecule has 0 aliphatic rings. The van der Waals surface area contributed by atoms with Crippen LogP contribution in [-0.4, -0.2) is 22.4 Å². The molecule has 3 aromatic carbocycles. The lowest BCUT2D eigenvalue weighted by atomic mass is 10.1. The Labute approximate surface area is 201 Å². The predicted octanol–water partition coefficient (Wildman–Crippen LogP) is 7.70. The lowest BCUT2D eigenvalue weighted by Gasteiger charge is -2.13. The Balaban J connectivity index is 1.71. The number of hydrogen-bond acceptors (Lipinski definition) is 4. The molecular formula is C25H18F6N2O3. The van der Waals surface area contributed by atoms with Crippen molar-refractivity contribution in [3.05, 3.63) is 84.4 Å². The van der Waals surface area contributed by atoms with Gasteiger partial charge in [0.2, 0.25) is 5.88 Å². The van der Waals surface area contributed by atoms with Gasteiger partial charge in [-0.05, 0) is 73.2 Å². The number of ether oxygens (including phenoxy) is 2. The second-order valence-electron chi connectivity index (χ2n) is 7.71. The third kappa shape index (κ3) is 6.04. The van der Waals surface area contributed by atoms with Crippen LogP contribution in [-0.2, 0) is 0 Å². The van der Waals surface area contributed by atoms with Crippen LogP contribution in [0, 0.1) is 6.92 Å². The first kappa shape index (κ1) is 24.8. The molecule has 0 saturated heterocycles. The Morgan fingerprint density at radius 3 is 1.83 bits per heavy atom. The summed E-state index contributed by atoms with van der Waals surface area (Å²) < 4.78 is 84.0. The van der Waals surface area contributed by atoms with Gasteiger partial charge in [-0.2, -0.15) is 0 Å². The molecule has 0 saturated carbocycles. The van der Waals surface area contributed by atoms with Gasteiger partial charge in [-0.1, -0.05) is 23.8 Å². The Hall–Kier alpha value is -4.28. The molecule has 11 heteroatoms. The predicted molar refractivity (Wildman–Crippen MR) is 121 cm³/mol. The van der Waals surface area contributed by atoms with Gasteiger partial charge in [0.1, 0.15) is 17.2 Å². The molecule has 1 heterocycles. The molecular weight excluding hydrogens is 490 g/mol. The van der Waals surface area contributed by atoms with Crippen LogP contribution < -0.4 is 14.8 Å². The lowest BCUT2D eigenvalue weighted by molar-refractivity contribution is -0.275. The van der Waals surface area contributed by atoms with Gasteiger partial charge in [0.05, 0.1) is 5.69 Å². The zero-order chi connectivity index (χ0) is 26.1. The topological polar surface area (TPSA) is 55.6 Å². The Kier molecular flexibility index (Phi) is 6.49. The largest absolute Gasteiger partial charge is 0.573 e. The maximum absolute atomic E-state index is 12.5. The van der Waals surface area contributed by atoms with Crippen molar-refractivity contribution in [3.63, 3.8) is 0 Å². The van der Waals surface area contributed by atoms with Gasteiger partial charge >= 0.3 is 12.7 Å². The van der Waals surface area contributed by atoms with Crippen LogP contribution in [0.3, 0.4) is 0 Å². The normalized spacial score (nSPS) is 11.9. The van der Waals surface area contributed by atoms with Crippen molar-refractivity contribution >= 4 is 11.4 Å². The van der Waals surface area contributed by atoms with Crippen molar-refractivity contribution in [2.24, 2.45) is 0 Å². The first-order valence-corrected chi connectivity index (χ1v) is 10.4. The quantitative estimate of drug-likeness (QED) is 0.262. The zero-order valence-electron chi connectivity index (χ0n) is 18.5. The van der Waals surface area contributed by atoms with Crippen LogP contribution >= 0.6 is 0 Å². The molecule has 0 atom stereocenters. The second-order valence-corrected chi connectivity index (χ2v) is 7.71. The minimum Gasteiger partial charge on any atom is -0.493 e. The number of alkyl halides is 6. The molecule has 4 rings (SSSR count). The molecule has 2 N–H and O–H groups in total. The number of benzene rings is 3. The summed E-state index contributed by atoms with van der Waals surface area (Å²) in [7, 11) is 0. The first-order chi connectivity index (χ1) is 16.9. The molecule has 1 aromatic heterocycles. The van der Waals surface area contributed by atoms with Crippen LogP contribution in [0.2, 0.25) is 0 Å². The second kappa shape index (κ2) is 9.40. The van der Waals surface area contributed by atoms with Gasteiger partial charge in [0.25, 0.3) is 0 Å². The number of aromatic nitrogens is 1. The monoisotopic (exact) mass is 508 g/mol. The van der Waals surface area contributed by atoms with Gasteiger partial charge < -0.3 is 19.9 Å². The van der Waals surface area contributed by atoms with E-state index in [1.807, 2.05) is 25.1 Å². The molecule has 4 aromatic rings. The SMILES string of the molecule is Cc1cccc(-c2cc(Nc3ccc(OC(F)(F)F)cc3)c(O)n2-c2ccc(OC(F)(F)F)cc2)c1. The number of nitrogens with zero attached hydrogens (tertiary/aromatic N) is 1.